The molecule has 1 aliphatic carbocycles. The Kier molecular flexibility index (Phi) is 6.54. The Morgan fingerprint density at radius 2 is 1.53 bits per heavy atom. The van der Waals surface area contributed by atoms with Crippen LogP contribution in [0.1, 0.15) is 55.6 Å². The molecule has 1 saturated carbocycles. The molecular formula is C29H33NO2. The molecule has 0 unspecified atom stereocenters. The first-order chi connectivity index (χ1) is 15.8. The molecule has 0 atom stereocenters. The van der Waals surface area contributed by atoms with Gasteiger partial charge in [-0.25, -0.2) is 0 Å². The summed E-state index contributed by atoms with van der Waals surface area (Å²) in [6.07, 6.45) is 8.08. The molecule has 3 aromatic carbocycles. The highest BCUT2D eigenvalue weighted by atomic mass is 16.5. The minimum atomic E-state index is 0.259. The van der Waals surface area contributed by atoms with Crippen molar-refractivity contribution in [3.63, 3.8) is 0 Å². The fraction of sp³-hybridized carbons (Fsp3) is 0.414. The molecule has 0 bridgehead atoms. The standard InChI is InChI=1S/C29H33NO2/c31-21-22-14-16-30(17-15-22)20-23-6-7-27-19-29(13-10-26(27)18-23)32-28-11-8-25(9-12-28)24-4-2-1-3-5-24/h1-7,10,13,18-19,21-22,25,28H,8-9,11-12,14-17,20H2. The molecule has 2 fully saturated rings. The van der Waals surface area contributed by atoms with Gasteiger partial charge in [-0.05, 0) is 97.6 Å². The van der Waals surface area contributed by atoms with Gasteiger partial charge in [0.05, 0.1) is 6.10 Å². The highest BCUT2D eigenvalue weighted by Gasteiger charge is 2.23. The van der Waals surface area contributed by atoms with E-state index in [9.17, 15) is 4.79 Å². The second-order valence-corrected chi connectivity index (χ2v) is 9.60. The Balaban J connectivity index is 1.17. The van der Waals surface area contributed by atoms with Crippen molar-refractivity contribution < 1.29 is 9.53 Å². The molecule has 3 aromatic rings. The topological polar surface area (TPSA) is 29.5 Å². The van der Waals surface area contributed by atoms with E-state index in [4.69, 9.17) is 4.74 Å². The van der Waals surface area contributed by atoms with E-state index in [0.29, 0.717) is 12.0 Å². The monoisotopic (exact) mass is 427 g/mol. The van der Waals surface area contributed by atoms with Gasteiger partial charge in [0.15, 0.2) is 0 Å². The summed E-state index contributed by atoms with van der Waals surface area (Å²) in [6.45, 7) is 2.99. The summed E-state index contributed by atoms with van der Waals surface area (Å²) in [5.74, 6) is 1.93. The lowest BCUT2D eigenvalue weighted by molar-refractivity contribution is -0.112. The molecular weight excluding hydrogens is 394 g/mol. The summed E-state index contributed by atoms with van der Waals surface area (Å²) < 4.78 is 6.38. The van der Waals surface area contributed by atoms with Crippen LogP contribution < -0.4 is 4.74 Å². The maximum Gasteiger partial charge on any atom is 0.123 e. The number of rotatable bonds is 6. The summed E-state index contributed by atoms with van der Waals surface area (Å²) in [6, 6.07) is 24.2. The van der Waals surface area contributed by atoms with Gasteiger partial charge in [0.2, 0.25) is 0 Å². The fourth-order valence-corrected chi connectivity index (χ4v) is 5.38. The number of likely N-dealkylation sites (tertiary alicyclic amines) is 1. The molecule has 1 aliphatic heterocycles. The Bertz CT molecular complexity index is 1030. The van der Waals surface area contributed by atoms with Crippen LogP contribution in [0, 0.1) is 5.92 Å². The van der Waals surface area contributed by atoms with Gasteiger partial charge >= 0.3 is 0 Å². The maximum atomic E-state index is 11.0. The first-order valence-electron chi connectivity index (χ1n) is 12.2. The first kappa shape index (κ1) is 21.2. The number of aldehydes is 1. The van der Waals surface area contributed by atoms with E-state index in [2.05, 4.69) is 71.6 Å². The molecule has 32 heavy (non-hydrogen) atoms. The molecule has 0 aromatic heterocycles. The summed E-state index contributed by atoms with van der Waals surface area (Å²) in [5.41, 5.74) is 2.82. The van der Waals surface area contributed by atoms with Gasteiger partial charge in [0, 0.05) is 12.5 Å². The zero-order chi connectivity index (χ0) is 21.8. The summed E-state index contributed by atoms with van der Waals surface area (Å²) >= 11 is 0. The van der Waals surface area contributed by atoms with Gasteiger partial charge in [-0.2, -0.15) is 0 Å². The number of hydrogen-bond donors (Lipinski definition) is 0. The van der Waals surface area contributed by atoms with Crippen molar-refractivity contribution in [3.8, 4) is 5.75 Å². The van der Waals surface area contributed by atoms with E-state index in [1.165, 1.54) is 34.7 Å². The van der Waals surface area contributed by atoms with Gasteiger partial charge in [-0.3, -0.25) is 4.90 Å². The summed E-state index contributed by atoms with van der Waals surface area (Å²) in [4.78, 5) is 13.4. The summed E-state index contributed by atoms with van der Waals surface area (Å²) in [7, 11) is 0. The van der Waals surface area contributed by atoms with Crippen LogP contribution in [0.5, 0.6) is 5.75 Å². The number of ether oxygens (including phenoxy) is 1. The van der Waals surface area contributed by atoms with Crippen molar-refractivity contribution in [2.45, 2.75) is 57.1 Å². The minimum absolute atomic E-state index is 0.259. The van der Waals surface area contributed by atoms with Crippen molar-refractivity contribution in [2.24, 2.45) is 5.92 Å². The van der Waals surface area contributed by atoms with Gasteiger partial charge in [0.1, 0.15) is 12.0 Å². The third kappa shape index (κ3) is 5.05. The molecule has 2 aliphatic rings. The number of fused-ring (bicyclic) bond motifs is 1. The third-order valence-corrected chi connectivity index (χ3v) is 7.35. The lowest BCUT2D eigenvalue weighted by Crippen LogP contribution is -2.33. The Morgan fingerprint density at radius 1 is 0.812 bits per heavy atom. The third-order valence-electron chi connectivity index (χ3n) is 7.35. The first-order valence-corrected chi connectivity index (χ1v) is 12.2. The molecule has 3 nitrogen and oxygen atoms in total. The van der Waals surface area contributed by atoms with Gasteiger partial charge in [-0.1, -0.05) is 48.5 Å². The smallest absolute Gasteiger partial charge is 0.123 e. The number of nitrogens with zero attached hydrogens (tertiary/aromatic N) is 1. The molecule has 0 amide bonds. The van der Waals surface area contributed by atoms with Crippen molar-refractivity contribution in [2.75, 3.05) is 13.1 Å². The lowest BCUT2D eigenvalue weighted by Gasteiger charge is -2.29. The molecule has 1 saturated heterocycles. The maximum absolute atomic E-state index is 11.0. The molecule has 0 radical (unpaired) electrons. The van der Waals surface area contributed by atoms with Crippen molar-refractivity contribution in [1.29, 1.82) is 0 Å². The van der Waals surface area contributed by atoms with Crippen LogP contribution in [0.15, 0.2) is 66.7 Å². The zero-order valence-electron chi connectivity index (χ0n) is 18.8. The molecule has 5 rings (SSSR count). The van der Waals surface area contributed by atoms with E-state index in [1.807, 2.05) is 0 Å². The normalized spacial score (nSPS) is 22.6. The van der Waals surface area contributed by atoms with E-state index >= 15 is 0 Å². The average molecular weight is 428 g/mol. The van der Waals surface area contributed by atoms with E-state index in [1.54, 1.807) is 0 Å². The van der Waals surface area contributed by atoms with Crippen molar-refractivity contribution in [3.05, 3.63) is 77.9 Å². The van der Waals surface area contributed by atoms with Crippen molar-refractivity contribution >= 4 is 17.1 Å². The van der Waals surface area contributed by atoms with Crippen LogP contribution in [0.4, 0.5) is 0 Å². The predicted molar refractivity (Wildman–Crippen MR) is 130 cm³/mol. The number of carbonyl (C=O) groups excluding carboxylic acids is 1. The van der Waals surface area contributed by atoms with Crippen molar-refractivity contribution in [1.82, 2.24) is 4.90 Å². The predicted octanol–water partition coefficient (Wildman–Crippen LogP) is 6.36. The average Bonchev–Trinajstić information content (AvgIpc) is 2.86. The lowest BCUT2D eigenvalue weighted by atomic mass is 9.83. The second-order valence-electron chi connectivity index (χ2n) is 9.60. The number of carbonyl (C=O) groups is 1. The Hall–Kier alpha value is -2.65. The van der Waals surface area contributed by atoms with Gasteiger partial charge in [-0.15, -0.1) is 0 Å². The highest BCUT2D eigenvalue weighted by Crippen LogP contribution is 2.35. The van der Waals surface area contributed by atoms with Gasteiger partial charge < -0.3 is 9.53 Å². The van der Waals surface area contributed by atoms with Crippen LogP contribution in [0.2, 0.25) is 0 Å². The fourth-order valence-electron chi connectivity index (χ4n) is 5.38. The van der Waals surface area contributed by atoms with E-state index < -0.39 is 0 Å². The molecule has 0 spiro atoms. The summed E-state index contributed by atoms with van der Waals surface area (Å²) in [5, 5.41) is 2.51. The molecule has 3 heteroatoms. The van der Waals surface area contributed by atoms with E-state index in [0.717, 1.165) is 57.4 Å². The van der Waals surface area contributed by atoms with Crippen LogP contribution in [0.25, 0.3) is 10.8 Å². The minimum Gasteiger partial charge on any atom is -0.490 e. The SMILES string of the molecule is O=CC1CCN(Cc2ccc3cc(OC4CCC(c5ccccc5)CC4)ccc3c2)CC1. The van der Waals surface area contributed by atoms with Crippen LogP contribution in [0.3, 0.4) is 0 Å². The highest BCUT2D eigenvalue weighted by molar-refractivity contribution is 5.84. The zero-order valence-corrected chi connectivity index (χ0v) is 18.8. The quantitative estimate of drug-likeness (QED) is 0.429. The molecule has 166 valence electrons. The Morgan fingerprint density at radius 3 is 2.28 bits per heavy atom. The Labute approximate surface area is 191 Å². The van der Waals surface area contributed by atoms with Crippen LogP contribution >= 0.6 is 0 Å². The second kappa shape index (κ2) is 9.87. The number of benzene rings is 3. The van der Waals surface area contributed by atoms with Crippen LogP contribution in [-0.2, 0) is 11.3 Å². The molecule has 0 N–H and O–H groups in total. The van der Waals surface area contributed by atoms with E-state index in [-0.39, 0.29) is 5.92 Å². The molecule has 1 heterocycles. The van der Waals surface area contributed by atoms with Crippen LogP contribution in [-0.4, -0.2) is 30.4 Å². The largest absolute Gasteiger partial charge is 0.490 e. The number of hydrogen-bond acceptors (Lipinski definition) is 3. The van der Waals surface area contributed by atoms with Gasteiger partial charge in [0.25, 0.3) is 0 Å². The number of piperidine rings is 1.